The molecule has 1 fully saturated rings. The largest absolute Gasteiger partial charge is 0.359 e. The van der Waals surface area contributed by atoms with E-state index in [1.165, 1.54) is 6.20 Å². The van der Waals surface area contributed by atoms with Crippen LogP contribution in [0.3, 0.4) is 0 Å². The van der Waals surface area contributed by atoms with Crippen molar-refractivity contribution < 1.29 is 4.79 Å². The summed E-state index contributed by atoms with van der Waals surface area (Å²) >= 11 is 0. The van der Waals surface area contributed by atoms with Gasteiger partial charge < -0.3 is 16.0 Å². The van der Waals surface area contributed by atoms with Crippen molar-refractivity contribution >= 4 is 11.6 Å². The quantitative estimate of drug-likeness (QED) is 0.517. The van der Waals surface area contributed by atoms with Gasteiger partial charge in [0.25, 0.3) is 5.91 Å². The van der Waals surface area contributed by atoms with Crippen molar-refractivity contribution in [2.45, 2.75) is 0 Å². The highest BCUT2D eigenvalue weighted by atomic mass is 16.1. The topological polar surface area (TPSA) is 104 Å². The van der Waals surface area contributed by atoms with Crippen molar-refractivity contribution in [2.75, 3.05) is 44.6 Å². The fourth-order valence-corrected chi connectivity index (χ4v) is 2.36. The Balaban J connectivity index is 1.86. The van der Waals surface area contributed by atoms with Crippen LogP contribution < -0.4 is 16.0 Å². The van der Waals surface area contributed by atoms with Crippen LogP contribution >= 0.6 is 0 Å². The normalized spacial score (nSPS) is 15.2. The molecule has 1 aliphatic heterocycles. The van der Waals surface area contributed by atoms with E-state index in [4.69, 9.17) is 10.5 Å². The van der Waals surface area contributed by atoms with Gasteiger partial charge in [-0.1, -0.05) is 12.1 Å². The molecule has 0 spiro atoms. The predicted octanol–water partition coefficient (Wildman–Crippen LogP) is 0.399. The molecule has 1 aromatic rings. The second kappa shape index (κ2) is 9.31. The van der Waals surface area contributed by atoms with E-state index in [1.54, 1.807) is 24.3 Å². The molecule has 7 heteroatoms. The van der Waals surface area contributed by atoms with Gasteiger partial charge in [-0.05, 0) is 12.1 Å². The first-order chi connectivity index (χ1) is 11.7. The van der Waals surface area contributed by atoms with Gasteiger partial charge in [0.05, 0.1) is 11.3 Å². The Hall–Kier alpha value is -2.87. The number of para-hydroxylation sites is 1. The molecule has 0 saturated carbocycles. The van der Waals surface area contributed by atoms with Crippen LogP contribution in [0.1, 0.15) is 5.56 Å². The van der Waals surface area contributed by atoms with Crippen LogP contribution in [0.5, 0.6) is 0 Å². The second-order valence-corrected chi connectivity index (χ2v) is 5.32. The number of carbonyl (C=O) groups excluding carboxylic acids is 1. The maximum atomic E-state index is 12.1. The van der Waals surface area contributed by atoms with Crippen LogP contribution in [0.25, 0.3) is 0 Å². The third-order valence-corrected chi connectivity index (χ3v) is 3.71. The van der Waals surface area contributed by atoms with Crippen molar-refractivity contribution in [2.24, 2.45) is 0 Å². The monoisotopic (exact) mass is 324 g/mol. The highest BCUT2D eigenvalue weighted by Gasteiger charge is 2.12. The van der Waals surface area contributed by atoms with Crippen LogP contribution in [0.2, 0.25) is 0 Å². The van der Waals surface area contributed by atoms with Crippen LogP contribution in [0.4, 0.5) is 5.69 Å². The SMILES string of the molecule is N#C/C(=C/Nc1ccccc1C#N)C(=O)NCCN1CCNCC1. The van der Waals surface area contributed by atoms with E-state index < -0.39 is 5.91 Å². The van der Waals surface area contributed by atoms with Crippen LogP contribution in [-0.2, 0) is 4.79 Å². The van der Waals surface area contributed by atoms with Gasteiger partial charge in [-0.2, -0.15) is 10.5 Å². The minimum atomic E-state index is -0.422. The fraction of sp³-hybridized carbons (Fsp3) is 0.353. The van der Waals surface area contributed by atoms with Crippen molar-refractivity contribution in [3.05, 3.63) is 41.6 Å². The van der Waals surface area contributed by atoms with Crippen molar-refractivity contribution in [1.29, 1.82) is 10.5 Å². The molecule has 7 nitrogen and oxygen atoms in total. The van der Waals surface area contributed by atoms with Gasteiger partial charge in [0.2, 0.25) is 0 Å². The number of hydrogen-bond donors (Lipinski definition) is 3. The van der Waals surface area contributed by atoms with Crippen LogP contribution in [0, 0.1) is 22.7 Å². The summed E-state index contributed by atoms with van der Waals surface area (Å²) < 4.78 is 0. The van der Waals surface area contributed by atoms with Crippen LogP contribution in [-0.4, -0.2) is 50.1 Å². The Morgan fingerprint density at radius 1 is 1.29 bits per heavy atom. The molecule has 0 atom stereocenters. The van der Waals surface area contributed by atoms with Gasteiger partial charge in [0, 0.05) is 45.5 Å². The molecule has 0 radical (unpaired) electrons. The van der Waals surface area contributed by atoms with E-state index >= 15 is 0 Å². The lowest BCUT2D eigenvalue weighted by molar-refractivity contribution is -0.117. The average Bonchev–Trinajstić information content (AvgIpc) is 2.63. The molecular weight excluding hydrogens is 304 g/mol. The third-order valence-electron chi connectivity index (χ3n) is 3.71. The lowest BCUT2D eigenvalue weighted by Gasteiger charge is -2.27. The molecule has 0 bridgehead atoms. The van der Waals surface area contributed by atoms with Crippen molar-refractivity contribution in [3.8, 4) is 12.1 Å². The Morgan fingerprint density at radius 2 is 2.04 bits per heavy atom. The zero-order valence-electron chi connectivity index (χ0n) is 13.4. The number of anilines is 1. The number of rotatable bonds is 6. The van der Waals surface area contributed by atoms with E-state index in [1.807, 2.05) is 6.07 Å². The number of benzene rings is 1. The second-order valence-electron chi connectivity index (χ2n) is 5.32. The number of piperazine rings is 1. The number of hydrogen-bond acceptors (Lipinski definition) is 6. The fourth-order valence-electron chi connectivity index (χ4n) is 2.36. The molecule has 3 N–H and O–H groups in total. The standard InChI is InChI=1S/C17H20N6O/c18-11-14-3-1-2-4-16(14)22-13-15(12-19)17(24)21-7-10-23-8-5-20-6-9-23/h1-4,13,20,22H,5-10H2,(H,21,24)/b15-13-. The van der Waals surface area contributed by atoms with Gasteiger partial charge in [-0.15, -0.1) is 0 Å². The average molecular weight is 324 g/mol. The first kappa shape index (κ1) is 17.5. The summed E-state index contributed by atoms with van der Waals surface area (Å²) in [7, 11) is 0. The molecule has 2 rings (SSSR count). The lowest BCUT2D eigenvalue weighted by atomic mass is 10.2. The number of carbonyl (C=O) groups is 1. The lowest BCUT2D eigenvalue weighted by Crippen LogP contribution is -2.46. The maximum absolute atomic E-state index is 12.1. The van der Waals surface area contributed by atoms with Crippen LogP contribution in [0.15, 0.2) is 36.0 Å². The number of nitriles is 2. The molecule has 1 aliphatic rings. The number of nitrogens with one attached hydrogen (secondary N) is 3. The zero-order chi connectivity index (χ0) is 17.2. The molecule has 1 amide bonds. The smallest absolute Gasteiger partial charge is 0.263 e. The molecule has 1 aromatic carbocycles. The summed E-state index contributed by atoms with van der Waals surface area (Å²) in [4.78, 5) is 14.3. The first-order valence-electron chi connectivity index (χ1n) is 7.82. The molecule has 1 heterocycles. The number of amides is 1. The summed E-state index contributed by atoms with van der Waals surface area (Å²) in [5.74, 6) is -0.422. The van der Waals surface area contributed by atoms with Crippen molar-refractivity contribution in [1.82, 2.24) is 15.5 Å². The Labute approximate surface area is 141 Å². The molecule has 0 aromatic heterocycles. The molecule has 0 unspecified atom stereocenters. The van der Waals surface area contributed by atoms with E-state index in [2.05, 4.69) is 26.9 Å². The Morgan fingerprint density at radius 3 is 2.75 bits per heavy atom. The summed E-state index contributed by atoms with van der Waals surface area (Å²) in [5, 5.41) is 27.0. The summed E-state index contributed by atoms with van der Waals surface area (Å²) in [6, 6.07) is 10.8. The minimum Gasteiger partial charge on any atom is -0.359 e. The summed E-state index contributed by atoms with van der Waals surface area (Å²) in [5.41, 5.74) is 0.981. The third kappa shape index (κ3) is 5.10. The molecule has 1 saturated heterocycles. The van der Waals surface area contributed by atoms with Gasteiger partial charge in [0.1, 0.15) is 17.7 Å². The van der Waals surface area contributed by atoms with Gasteiger partial charge >= 0.3 is 0 Å². The van der Waals surface area contributed by atoms with Gasteiger partial charge in [-0.3, -0.25) is 9.69 Å². The highest BCUT2D eigenvalue weighted by molar-refractivity contribution is 5.97. The van der Waals surface area contributed by atoms with E-state index in [-0.39, 0.29) is 5.57 Å². The van der Waals surface area contributed by atoms with E-state index in [9.17, 15) is 4.79 Å². The number of nitrogens with zero attached hydrogens (tertiary/aromatic N) is 3. The first-order valence-corrected chi connectivity index (χ1v) is 7.82. The molecule has 0 aliphatic carbocycles. The Bertz CT molecular complexity index is 679. The zero-order valence-corrected chi connectivity index (χ0v) is 13.4. The summed E-state index contributed by atoms with van der Waals surface area (Å²) in [6.45, 7) is 5.09. The molecule has 24 heavy (non-hydrogen) atoms. The van der Waals surface area contributed by atoms with Gasteiger partial charge in [-0.25, -0.2) is 0 Å². The van der Waals surface area contributed by atoms with Gasteiger partial charge in [0.15, 0.2) is 0 Å². The maximum Gasteiger partial charge on any atom is 0.263 e. The van der Waals surface area contributed by atoms with Crippen molar-refractivity contribution in [3.63, 3.8) is 0 Å². The minimum absolute atomic E-state index is 0.0250. The highest BCUT2D eigenvalue weighted by Crippen LogP contribution is 2.13. The predicted molar refractivity (Wildman–Crippen MR) is 90.8 cm³/mol. The van der Waals surface area contributed by atoms with E-state index in [0.717, 1.165) is 32.7 Å². The summed E-state index contributed by atoms with van der Waals surface area (Å²) in [6.07, 6.45) is 1.33. The molecular formula is C17H20N6O. The molecule has 124 valence electrons. The Kier molecular flexibility index (Phi) is 6.78. The van der Waals surface area contributed by atoms with E-state index in [0.29, 0.717) is 17.8 Å².